The van der Waals surface area contributed by atoms with Crippen molar-refractivity contribution < 1.29 is 9.31 Å². The summed E-state index contributed by atoms with van der Waals surface area (Å²) in [5, 5.41) is 10.9. The summed E-state index contributed by atoms with van der Waals surface area (Å²) in [6, 6.07) is 3.84. The van der Waals surface area contributed by atoms with Crippen molar-refractivity contribution in [3.8, 4) is 11.8 Å². The number of rotatable bonds is 1. The number of nitrogens with zero attached hydrogens (tertiary/aromatic N) is 1. The average molecular weight is 258 g/mol. The van der Waals surface area contributed by atoms with Crippen LogP contribution in [0.15, 0.2) is 18.2 Å². The Labute approximate surface area is 88.2 Å². The summed E-state index contributed by atoms with van der Waals surface area (Å²) < 4.78 is 13.0. The van der Waals surface area contributed by atoms with Crippen molar-refractivity contribution in [3.63, 3.8) is 0 Å². The third-order valence-electron chi connectivity index (χ3n) is 1.46. The van der Waals surface area contributed by atoms with Gasteiger partial charge >= 0.3 is 5.69 Å². The van der Waals surface area contributed by atoms with Crippen molar-refractivity contribution in [2.45, 2.75) is 0 Å². The van der Waals surface area contributed by atoms with Gasteiger partial charge < -0.3 is 0 Å². The van der Waals surface area contributed by atoms with Gasteiger partial charge in [0, 0.05) is 0 Å². The van der Waals surface area contributed by atoms with E-state index in [-0.39, 0.29) is 5.56 Å². The zero-order valence-electron chi connectivity index (χ0n) is 6.96. The molecular formula is C9H5BrFNO2. The summed E-state index contributed by atoms with van der Waals surface area (Å²) in [6.07, 6.45) is 0. The summed E-state index contributed by atoms with van der Waals surface area (Å²) in [4.78, 5) is 9.72. The first-order chi connectivity index (χ1) is 6.66. The molecule has 0 unspecified atom stereocenters. The van der Waals surface area contributed by atoms with Gasteiger partial charge in [-0.15, -0.1) is 0 Å². The third kappa shape index (κ3) is 2.30. The fourth-order valence-electron chi connectivity index (χ4n) is 0.930. The van der Waals surface area contributed by atoms with E-state index >= 15 is 0 Å². The normalized spacial score (nSPS) is 9.00. The Morgan fingerprint density at radius 2 is 2.29 bits per heavy atom. The molecule has 0 heterocycles. The maximum absolute atomic E-state index is 13.0. The molecule has 0 fully saturated rings. The Kier molecular flexibility index (Phi) is 3.60. The van der Waals surface area contributed by atoms with Gasteiger partial charge in [-0.05, 0) is 12.1 Å². The second-order valence-electron chi connectivity index (χ2n) is 2.33. The van der Waals surface area contributed by atoms with Gasteiger partial charge in [0.1, 0.15) is 5.56 Å². The zero-order chi connectivity index (χ0) is 10.6. The molecule has 0 radical (unpaired) electrons. The fraction of sp³-hybridized carbons (Fsp3) is 0.111. The minimum Gasteiger partial charge on any atom is -0.258 e. The van der Waals surface area contributed by atoms with Crippen molar-refractivity contribution in [2.75, 3.05) is 5.33 Å². The monoisotopic (exact) mass is 257 g/mol. The Morgan fingerprint density at radius 1 is 1.57 bits per heavy atom. The molecule has 0 atom stereocenters. The molecule has 0 aliphatic carbocycles. The molecule has 0 aliphatic heterocycles. The lowest BCUT2D eigenvalue weighted by Crippen LogP contribution is -1.95. The third-order valence-corrected chi connectivity index (χ3v) is 1.74. The lowest BCUT2D eigenvalue weighted by Gasteiger charge is -1.95. The van der Waals surface area contributed by atoms with Crippen LogP contribution in [0, 0.1) is 27.8 Å². The van der Waals surface area contributed by atoms with Gasteiger partial charge in [-0.2, -0.15) is 4.39 Å². The van der Waals surface area contributed by atoms with Crippen LogP contribution in [-0.2, 0) is 0 Å². The van der Waals surface area contributed by atoms with E-state index < -0.39 is 16.4 Å². The van der Waals surface area contributed by atoms with Crippen LogP contribution in [0.2, 0.25) is 0 Å². The molecule has 0 aromatic heterocycles. The van der Waals surface area contributed by atoms with E-state index in [0.717, 1.165) is 6.07 Å². The number of halogens is 2. The molecule has 1 rings (SSSR count). The van der Waals surface area contributed by atoms with Crippen molar-refractivity contribution in [2.24, 2.45) is 0 Å². The number of para-hydroxylation sites is 1. The van der Waals surface area contributed by atoms with E-state index in [0.29, 0.717) is 5.33 Å². The predicted octanol–water partition coefficient (Wildman–Crippen LogP) is 2.48. The Hall–Kier alpha value is -1.41. The van der Waals surface area contributed by atoms with E-state index in [9.17, 15) is 14.5 Å². The van der Waals surface area contributed by atoms with Crippen LogP contribution in [0.5, 0.6) is 0 Å². The highest BCUT2D eigenvalue weighted by Gasteiger charge is 2.17. The minimum absolute atomic E-state index is 0.0921. The molecule has 14 heavy (non-hydrogen) atoms. The molecule has 0 saturated carbocycles. The summed E-state index contributed by atoms with van der Waals surface area (Å²) in [5.41, 5.74) is -0.476. The van der Waals surface area contributed by atoms with Crippen molar-refractivity contribution >= 4 is 21.6 Å². The van der Waals surface area contributed by atoms with E-state index in [2.05, 4.69) is 27.8 Å². The van der Waals surface area contributed by atoms with Crippen LogP contribution in [0.25, 0.3) is 0 Å². The van der Waals surface area contributed by atoms with Crippen LogP contribution in [0.3, 0.4) is 0 Å². The Bertz CT molecular complexity index is 423. The number of hydrogen-bond donors (Lipinski definition) is 0. The van der Waals surface area contributed by atoms with Crippen molar-refractivity contribution in [1.29, 1.82) is 0 Å². The van der Waals surface area contributed by atoms with Gasteiger partial charge in [-0.1, -0.05) is 33.8 Å². The lowest BCUT2D eigenvalue weighted by molar-refractivity contribution is -0.387. The quantitative estimate of drug-likeness (QED) is 0.336. The minimum atomic E-state index is -0.864. The molecule has 0 amide bonds. The molecule has 1 aromatic carbocycles. The van der Waals surface area contributed by atoms with Crippen LogP contribution in [0.1, 0.15) is 5.56 Å². The molecule has 0 saturated heterocycles. The SMILES string of the molecule is O=[N+]([O-])c1c(F)cccc1C#CCBr. The number of nitro benzene ring substituents is 1. The Morgan fingerprint density at radius 3 is 2.86 bits per heavy atom. The Balaban J connectivity index is 3.28. The van der Waals surface area contributed by atoms with Gasteiger partial charge in [0.2, 0.25) is 5.82 Å². The fourth-order valence-corrected chi connectivity index (χ4v) is 1.07. The van der Waals surface area contributed by atoms with E-state index in [1.54, 1.807) is 0 Å². The van der Waals surface area contributed by atoms with Gasteiger partial charge in [0.25, 0.3) is 0 Å². The standard InChI is InChI=1S/C9H5BrFNO2/c10-6-2-4-7-3-1-5-8(11)9(7)12(13)14/h1,3,5H,6H2. The second kappa shape index (κ2) is 4.72. The zero-order valence-corrected chi connectivity index (χ0v) is 8.54. The van der Waals surface area contributed by atoms with Gasteiger partial charge in [0.15, 0.2) is 0 Å². The highest BCUT2D eigenvalue weighted by Crippen LogP contribution is 2.21. The summed E-state index contributed by atoms with van der Waals surface area (Å²) in [5.74, 6) is 4.22. The summed E-state index contributed by atoms with van der Waals surface area (Å²) in [7, 11) is 0. The van der Waals surface area contributed by atoms with Gasteiger partial charge in [0.05, 0.1) is 10.3 Å². The smallest absolute Gasteiger partial charge is 0.258 e. The predicted molar refractivity (Wildman–Crippen MR) is 53.7 cm³/mol. The van der Waals surface area contributed by atoms with Crippen molar-refractivity contribution in [3.05, 3.63) is 39.7 Å². The average Bonchev–Trinajstić information content (AvgIpc) is 2.14. The second-order valence-corrected chi connectivity index (χ2v) is 2.89. The van der Waals surface area contributed by atoms with Gasteiger partial charge in [-0.25, -0.2) is 0 Å². The molecule has 0 N–H and O–H groups in total. The maximum Gasteiger partial charge on any atom is 0.320 e. The molecule has 0 aliphatic rings. The number of hydrogen-bond acceptors (Lipinski definition) is 2. The summed E-state index contributed by atoms with van der Waals surface area (Å²) in [6.45, 7) is 0. The van der Waals surface area contributed by atoms with Crippen LogP contribution < -0.4 is 0 Å². The number of benzene rings is 1. The molecule has 0 bridgehead atoms. The van der Waals surface area contributed by atoms with Gasteiger partial charge in [-0.3, -0.25) is 10.1 Å². The first-order valence-electron chi connectivity index (χ1n) is 3.64. The molecule has 5 heteroatoms. The van der Waals surface area contributed by atoms with Crippen molar-refractivity contribution in [1.82, 2.24) is 0 Å². The molecule has 1 aromatic rings. The molecule has 3 nitrogen and oxygen atoms in total. The van der Waals surface area contributed by atoms with E-state index in [1.165, 1.54) is 12.1 Å². The lowest BCUT2D eigenvalue weighted by atomic mass is 10.2. The number of nitro groups is 1. The number of alkyl halides is 1. The first-order valence-corrected chi connectivity index (χ1v) is 4.76. The summed E-state index contributed by atoms with van der Waals surface area (Å²) >= 11 is 3.05. The highest BCUT2D eigenvalue weighted by atomic mass is 79.9. The highest BCUT2D eigenvalue weighted by molar-refractivity contribution is 9.09. The van der Waals surface area contributed by atoms with E-state index in [1.807, 2.05) is 0 Å². The van der Waals surface area contributed by atoms with Crippen LogP contribution >= 0.6 is 15.9 Å². The maximum atomic E-state index is 13.0. The topological polar surface area (TPSA) is 43.1 Å². The first kappa shape index (κ1) is 10.7. The van der Waals surface area contributed by atoms with E-state index in [4.69, 9.17) is 0 Å². The molecular weight excluding hydrogens is 253 g/mol. The van der Waals surface area contributed by atoms with Crippen LogP contribution in [0.4, 0.5) is 10.1 Å². The molecule has 72 valence electrons. The molecule has 0 spiro atoms. The van der Waals surface area contributed by atoms with Crippen LogP contribution in [-0.4, -0.2) is 10.3 Å². The largest absolute Gasteiger partial charge is 0.320 e.